The molecule has 0 spiro atoms. The summed E-state index contributed by atoms with van der Waals surface area (Å²) in [4.78, 5) is 0. The van der Waals surface area contributed by atoms with Crippen LogP contribution < -0.4 is 5.73 Å². The Bertz CT molecular complexity index is 312. The van der Waals surface area contributed by atoms with Gasteiger partial charge in [-0.3, -0.25) is 0 Å². The van der Waals surface area contributed by atoms with E-state index in [0.717, 1.165) is 23.5 Å². The number of nitrogens with two attached hydrogens (primary N) is 1. The van der Waals surface area contributed by atoms with Gasteiger partial charge in [-0.25, -0.2) is 0 Å². The first-order valence-corrected chi connectivity index (χ1v) is 7.80. The molecule has 1 aliphatic carbocycles. The van der Waals surface area contributed by atoms with E-state index >= 15 is 0 Å². The van der Waals surface area contributed by atoms with Gasteiger partial charge in [-0.05, 0) is 30.9 Å². The molecule has 1 nitrogen and oxygen atoms in total. The van der Waals surface area contributed by atoms with Crippen molar-refractivity contribution in [3.05, 3.63) is 35.9 Å². The largest absolute Gasteiger partial charge is 0.330 e. The van der Waals surface area contributed by atoms with E-state index in [-0.39, 0.29) is 0 Å². The van der Waals surface area contributed by atoms with Gasteiger partial charge in [0.1, 0.15) is 0 Å². The van der Waals surface area contributed by atoms with E-state index in [1.807, 2.05) is 0 Å². The summed E-state index contributed by atoms with van der Waals surface area (Å²) in [5.41, 5.74) is 7.36. The van der Waals surface area contributed by atoms with Crippen LogP contribution in [0.4, 0.5) is 0 Å². The van der Waals surface area contributed by atoms with Crippen LogP contribution in [-0.2, 0) is 5.75 Å². The third kappa shape index (κ3) is 4.04. The monoisotopic (exact) mass is 249 g/mol. The second-order valence-electron chi connectivity index (χ2n) is 4.97. The first-order valence-electron chi connectivity index (χ1n) is 6.75. The Kier molecular flexibility index (Phi) is 5.40. The predicted octanol–water partition coefficient (Wildman–Crippen LogP) is 3.83. The lowest BCUT2D eigenvalue weighted by Crippen LogP contribution is -2.24. The smallest absolute Gasteiger partial charge is 0.0187 e. The van der Waals surface area contributed by atoms with Gasteiger partial charge in [0, 0.05) is 11.0 Å². The van der Waals surface area contributed by atoms with Crippen molar-refractivity contribution in [2.24, 2.45) is 11.7 Å². The Morgan fingerprint density at radius 3 is 2.59 bits per heavy atom. The van der Waals surface area contributed by atoms with E-state index in [9.17, 15) is 0 Å². The van der Waals surface area contributed by atoms with Gasteiger partial charge in [0.15, 0.2) is 0 Å². The summed E-state index contributed by atoms with van der Waals surface area (Å²) < 4.78 is 0. The molecule has 2 N–H and O–H groups in total. The van der Waals surface area contributed by atoms with Gasteiger partial charge >= 0.3 is 0 Å². The molecule has 2 atom stereocenters. The average molecular weight is 249 g/mol. The Balaban J connectivity index is 1.87. The minimum atomic E-state index is 0.742. The van der Waals surface area contributed by atoms with Crippen LogP contribution in [0.25, 0.3) is 0 Å². The fourth-order valence-electron chi connectivity index (χ4n) is 2.62. The van der Waals surface area contributed by atoms with Crippen molar-refractivity contribution in [1.82, 2.24) is 0 Å². The summed E-state index contributed by atoms with van der Waals surface area (Å²) in [5.74, 6) is 1.88. The van der Waals surface area contributed by atoms with Gasteiger partial charge in [0.2, 0.25) is 0 Å². The third-order valence-electron chi connectivity index (χ3n) is 3.70. The van der Waals surface area contributed by atoms with Crippen LogP contribution in [0, 0.1) is 5.92 Å². The molecule has 2 unspecified atom stereocenters. The minimum Gasteiger partial charge on any atom is -0.330 e. The lowest BCUT2D eigenvalue weighted by Gasteiger charge is -2.23. The molecule has 1 aromatic carbocycles. The number of thioether (sulfide) groups is 1. The molecule has 0 bridgehead atoms. The van der Waals surface area contributed by atoms with E-state index in [1.54, 1.807) is 0 Å². The summed E-state index contributed by atoms with van der Waals surface area (Å²) in [6.45, 7) is 0.868. The minimum absolute atomic E-state index is 0.742. The predicted molar refractivity (Wildman–Crippen MR) is 77.2 cm³/mol. The number of rotatable bonds is 4. The van der Waals surface area contributed by atoms with Crippen molar-refractivity contribution in [2.75, 3.05) is 6.54 Å². The van der Waals surface area contributed by atoms with Crippen molar-refractivity contribution < 1.29 is 0 Å². The zero-order valence-electron chi connectivity index (χ0n) is 10.5. The van der Waals surface area contributed by atoms with E-state index < -0.39 is 0 Å². The van der Waals surface area contributed by atoms with Crippen LogP contribution in [0.1, 0.15) is 37.7 Å². The maximum atomic E-state index is 5.92. The molecule has 0 heterocycles. The van der Waals surface area contributed by atoms with E-state index in [0.29, 0.717) is 0 Å². The summed E-state index contributed by atoms with van der Waals surface area (Å²) in [5, 5.41) is 0.780. The zero-order valence-corrected chi connectivity index (χ0v) is 11.3. The lowest BCUT2D eigenvalue weighted by atomic mass is 10.0. The molecule has 1 aliphatic rings. The highest BCUT2D eigenvalue weighted by Gasteiger charge is 2.22. The van der Waals surface area contributed by atoms with Gasteiger partial charge in [0.05, 0.1) is 0 Å². The zero-order chi connectivity index (χ0) is 11.9. The SMILES string of the molecule is NCC1CCCCCC1SCc1ccccc1. The molecular weight excluding hydrogens is 226 g/mol. The molecule has 0 radical (unpaired) electrons. The summed E-state index contributed by atoms with van der Waals surface area (Å²) in [6, 6.07) is 10.8. The second kappa shape index (κ2) is 7.07. The highest BCUT2D eigenvalue weighted by atomic mass is 32.2. The van der Waals surface area contributed by atoms with Crippen molar-refractivity contribution in [3.8, 4) is 0 Å². The fraction of sp³-hybridized carbons (Fsp3) is 0.600. The van der Waals surface area contributed by atoms with Crippen LogP contribution in [-0.4, -0.2) is 11.8 Å². The van der Waals surface area contributed by atoms with E-state index in [2.05, 4.69) is 42.1 Å². The Hall–Kier alpha value is -0.470. The van der Waals surface area contributed by atoms with Crippen LogP contribution >= 0.6 is 11.8 Å². The molecular formula is C15H23NS. The molecule has 2 heteroatoms. The van der Waals surface area contributed by atoms with Crippen LogP contribution in [0.2, 0.25) is 0 Å². The molecule has 0 aliphatic heterocycles. The molecule has 1 saturated carbocycles. The summed E-state index contributed by atoms with van der Waals surface area (Å²) >= 11 is 2.12. The second-order valence-corrected chi connectivity index (χ2v) is 6.20. The molecule has 2 rings (SSSR count). The van der Waals surface area contributed by atoms with E-state index in [1.165, 1.54) is 37.7 Å². The van der Waals surface area contributed by atoms with Gasteiger partial charge in [0.25, 0.3) is 0 Å². The fourth-order valence-corrected chi connectivity index (χ4v) is 4.07. The maximum Gasteiger partial charge on any atom is 0.0187 e. The molecule has 1 aromatic rings. The normalized spacial score (nSPS) is 25.5. The van der Waals surface area contributed by atoms with Crippen molar-refractivity contribution in [2.45, 2.75) is 43.1 Å². The van der Waals surface area contributed by atoms with Gasteiger partial charge in [-0.1, -0.05) is 49.6 Å². The summed E-state index contributed by atoms with van der Waals surface area (Å²) in [7, 11) is 0. The average Bonchev–Trinajstić information content (AvgIpc) is 2.62. The van der Waals surface area contributed by atoms with Gasteiger partial charge in [-0.15, -0.1) is 0 Å². The Morgan fingerprint density at radius 2 is 1.82 bits per heavy atom. The van der Waals surface area contributed by atoms with E-state index in [4.69, 9.17) is 5.73 Å². The highest BCUT2D eigenvalue weighted by molar-refractivity contribution is 7.99. The number of benzene rings is 1. The molecule has 0 aromatic heterocycles. The molecule has 1 fully saturated rings. The molecule has 0 saturated heterocycles. The van der Waals surface area contributed by atoms with Crippen LogP contribution in [0.3, 0.4) is 0 Å². The maximum absolute atomic E-state index is 5.92. The standard InChI is InChI=1S/C15H23NS/c16-11-14-9-5-2-6-10-15(14)17-12-13-7-3-1-4-8-13/h1,3-4,7-8,14-15H,2,5-6,9-12,16H2. The Labute approximate surface area is 109 Å². The Morgan fingerprint density at radius 1 is 1.06 bits per heavy atom. The first-order chi connectivity index (χ1) is 8.40. The van der Waals surface area contributed by atoms with Crippen molar-refractivity contribution in [1.29, 1.82) is 0 Å². The number of hydrogen-bond acceptors (Lipinski definition) is 2. The molecule has 0 amide bonds. The van der Waals surface area contributed by atoms with Crippen LogP contribution in [0.5, 0.6) is 0 Å². The molecule has 17 heavy (non-hydrogen) atoms. The van der Waals surface area contributed by atoms with Crippen molar-refractivity contribution in [3.63, 3.8) is 0 Å². The molecule has 94 valence electrons. The lowest BCUT2D eigenvalue weighted by molar-refractivity contribution is 0.483. The van der Waals surface area contributed by atoms with Gasteiger partial charge < -0.3 is 5.73 Å². The van der Waals surface area contributed by atoms with Crippen molar-refractivity contribution >= 4 is 11.8 Å². The highest BCUT2D eigenvalue weighted by Crippen LogP contribution is 2.33. The third-order valence-corrected chi connectivity index (χ3v) is 5.25. The first kappa shape index (κ1) is 13.0. The van der Waals surface area contributed by atoms with Gasteiger partial charge in [-0.2, -0.15) is 11.8 Å². The topological polar surface area (TPSA) is 26.0 Å². The number of hydrogen-bond donors (Lipinski definition) is 1. The quantitative estimate of drug-likeness (QED) is 0.821. The summed E-state index contributed by atoms with van der Waals surface area (Å²) in [6.07, 6.45) is 6.87. The van der Waals surface area contributed by atoms with Crippen LogP contribution in [0.15, 0.2) is 30.3 Å².